The lowest BCUT2D eigenvalue weighted by atomic mass is 10.1. The molecule has 0 radical (unpaired) electrons. The van der Waals surface area contributed by atoms with Gasteiger partial charge in [0.2, 0.25) is 5.91 Å². The van der Waals surface area contributed by atoms with Crippen LogP contribution in [-0.2, 0) is 17.6 Å². The van der Waals surface area contributed by atoms with Crippen LogP contribution in [0, 0.1) is 0 Å². The molecule has 0 saturated heterocycles. The number of fused-ring (bicyclic) bond motifs is 1. The average molecular weight is 391 g/mol. The number of benzene rings is 2. The van der Waals surface area contributed by atoms with Gasteiger partial charge in [-0.05, 0) is 55.2 Å². The number of thiazole rings is 1. The van der Waals surface area contributed by atoms with E-state index >= 15 is 0 Å². The zero-order valence-corrected chi connectivity index (χ0v) is 16.4. The van der Waals surface area contributed by atoms with Gasteiger partial charge in [-0.3, -0.25) is 4.79 Å². The second-order valence-corrected chi connectivity index (χ2v) is 7.76. The molecule has 0 saturated carbocycles. The molecular weight excluding hydrogens is 368 g/mol. The lowest BCUT2D eigenvalue weighted by molar-refractivity contribution is -0.121. The van der Waals surface area contributed by atoms with Crippen LogP contribution in [0.25, 0.3) is 15.9 Å². The zero-order chi connectivity index (χ0) is 19.2. The van der Waals surface area contributed by atoms with Crippen molar-refractivity contribution in [2.45, 2.75) is 25.7 Å². The van der Waals surface area contributed by atoms with Crippen LogP contribution in [0.2, 0.25) is 0 Å². The molecule has 2 aromatic heterocycles. The van der Waals surface area contributed by atoms with E-state index in [0.717, 1.165) is 35.5 Å². The van der Waals surface area contributed by atoms with Gasteiger partial charge < -0.3 is 5.32 Å². The van der Waals surface area contributed by atoms with E-state index in [2.05, 4.69) is 33.6 Å². The topological polar surface area (TPSA) is 59.8 Å². The number of rotatable bonds is 8. The van der Waals surface area contributed by atoms with Gasteiger partial charge in [0.05, 0.1) is 20.9 Å². The van der Waals surface area contributed by atoms with E-state index in [4.69, 9.17) is 0 Å². The molecule has 0 aliphatic carbocycles. The maximum absolute atomic E-state index is 12.1. The van der Waals surface area contributed by atoms with E-state index in [9.17, 15) is 4.79 Å². The van der Waals surface area contributed by atoms with Crippen LogP contribution in [0.4, 0.5) is 0 Å². The first-order valence-corrected chi connectivity index (χ1v) is 10.3. The molecule has 1 N–H and O–H groups in total. The Balaban J connectivity index is 1.17. The maximum Gasteiger partial charge on any atom is 0.220 e. The Morgan fingerprint density at radius 2 is 1.89 bits per heavy atom. The van der Waals surface area contributed by atoms with Crippen molar-refractivity contribution in [1.82, 2.24) is 20.1 Å². The fraction of sp³-hybridized carbons (Fsp3) is 0.227. The Hall–Kier alpha value is -2.99. The third-order valence-corrected chi connectivity index (χ3v) is 5.67. The summed E-state index contributed by atoms with van der Waals surface area (Å²) in [6, 6.07) is 18.3. The molecular formula is C22H22N4OS. The highest BCUT2D eigenvalue weighted by atomic mass is 32.1. The number of amides is 1. The number of nitrogens with one attached hydrogen (secondary N) is 1. The van der Waals surface area contributed by atoms with Crippen molar-refractivity contribution in [1.29, 1.82) is 0 Å². The van der Waals surface area contributed by atoms with Crippen molar-refractivity contribution in [3.63, 3.8) is 0 Å². The Morgan fingerprint density at radius 3 is 2.68 bits per heavy atom. The number of hydrogen-bond acceptors (Lipinski definition) is 4. The summed E-state index contributed by atoms with van der Waals surface area (Å²) in [5.41, 5.74) is 3.28. The highest BCUT2D eigenvalue weighted by Crippen LogP contribution is 2.22. The highest BCUT2D eigenvalue weighted by Gasteiger charge is 2.06. The predicted octanol–water partition coefficient (Wildman–Crippen LogP) is 4.16. The number of aryl methyl sites for hydroxylation is 1. The summed E-state index contributed by atoms with van der Waals surface area (Å²) in [4.78, 5) is 16.7. The second-order valence-electron chi connectivity index (χ2n) is 6.65. The summed E-state index contributed by atoms with van der Waals surface area (Å²) < 4.78 is 3.04. The fourth-order valence-corrected chi connectivity index (χ4v) is 4.11. The van der Waals surface area contributed by atoms with Crippen molar-refractivity contribution < 1.29 is 4.79 Å². The first kappa shape index (κ1) is 18.4. The lowest BCUT2D eigenvalue weighted by Crippen LogP contribution is -2.25. The molecule has 28 heavy (non-hydrogen) atoms. The minimum atomic E-state index is 0.106. The Morgan fingerprint density at radius 1 is 1.04 bits per heavy atom. The Bertz CT molecular complexity index is 1010. The summed E-state index contributed by atoms with van der Waals surface area (Å²) in [6.45, 7) is 0.654. The van der Waals surface area contributed by atoms with Gasteiger partial charge in [-0.2, -0.15) is 5.10 Å². The van der Waals surface area contributed by atoms with Gasteiger partial charge in [-0.1, -0.05) is 24.3 Å². The van der Waals surface area contributed by atoms with Crippen LogP contribution in [0.1, 0.15) is 23.4 Å². The molecule has 0 unspecified atom stereocenters. The minimum absolute atomic E-state index is 0.106. The third-order valence-electron chi connectivity index (χ3n) is 4.57. The molecule has 0 aliphatic rings. The van der Waals surface area contributed by atoms with Crippen LogP contribution < -0.4 is 5.32 Å². The largest absolute Gasteiger partial charge is 0.356 e. The van der Waals surface area contributed by atoms with E-state index in [1.807, 2.05) is 47.3 Å². The normalized spacial score (nSPS) is 11.0. The molecule has 0 atom stereocenters. The first-order chi connectivity index (χ1) is 13.8. The van der Waals surface area contributed by atoms with Gasteiger partial charge in [-0.25, -0.2) is 9.67 Å². The molecule has 0 fully saturated rings. The predicted molar refractivity (Wildman–Crippen MR) is 113 cm³/mol. The quantitative estimate of drug-likeness (QED) is 0.491. The van der Waals surface area contributed by atoms with Crippen molar-refractivity contribution in [2.75, 3.05) is 6.54 Å². The van der Waals surface area contributed by atoms with Crippen LogP contribution in [0.15, 0.2) is 67.0 Å². The summed E-state index contributed by atoms with van der Waals surface area (Å²) in [7, 11) is 0. The standard InChI is InChI=1S/C22H22N4OS/c27-21(7-3-8-22-25-19-5-1-2-6-20(19)28-22)23-15-13-17-9-11-18(12-10-17)26-16-4-14-24-26/h1-2,4-6,9-12,14,16H,3,7-8,13,15H2,(H,23,27). The van der Waals surface area contributed by atoms with Gasteiger partial charge in [0.25, 0.3) is 0 Å². The van der Waals surface area contributed by atoms with Crippen molar-refractivity contribution in [2.24, 2.45) is 0 Å². The van der Waals surface area contributed by atoms with Crippen LogP contribution in [0.5, 0.6) is 0 Å². The number of hydrogen-bond donors (Lipinski definition) is 1. The molecule has 4 aromatic rings. The molecule has 1 amide bonds. The number of nitrogens with zero attached hydrogens (tertiary/aromatic N) is 3. The zero-order valence-electron chi connectivity index (χ0n) is 15.5. The van der Waals surface area contributed by atoms with Crippen molar-refractivity contribution in [3.8, 4) is 5.69 Å². The van der Waals surface area contributed by atoms with E-state index in [1.54, 1.807) is 17.5 Å². The molecule has 6 heteroatoms. The van der Waals surface area contributed by atoms with Crippen LogP contribution in [0.3, 0.4) is 0 Å². The average Bonchev–Trinajstić information content (AvgIpc) is 3.38. The van der Waals surface area contributed by atoms with Crippen molar-refractivity contribution in [3.05, 3.63) is 77.6 Å². The van der Waals surface area contributed by atoms with E-state index < -0.39 is 0 Å². The summed E-state index contributed by atoms with van der Waals surface area (Å²) in [5, 5.41) is 8.34. The van der Waals surface area contributed by atoms with E-state index in [-0.39, 0.29) is 5.91 Å². The Labute approximate surface area is 168 Å². The maximum atomic E-state index is 12.1. The molecule has 5 nitrogen and oxygen atoms in total. The van der Waals surface area contributed by atoms with Gasteiger partial charge >= 0.3 is 0 Å². The number of carbonyl (C=O) groups excluding carboxylic acids is 1. The van der Waals surface area contributed by atoms with Gasteiger partial charge in [0.15, 0.2) is 0 Å². The third kappa shape index (κ3) is 4.64. The van der Waals surface area contributed by atoms with Gasteiger partial charge in [0, 0.05) is 25.4 Å². The van der Waals surface area contributed by atoms with Crippen molar-refractivity contribution >= 4 is 27.5 Å². The summed E-state index contributed by atoms with van der Waals surface area (Å²) in [6.07, 6.45) is 6.72. The lowest BCUT2D eigenvalue weighted by Gasteiger charge is -2.06. The monoisotopic (exact) mass is 390 g/mol. The van der Waals surface area contributed by atoms with Crippen LogP contribution in [-0.4, -0.2) is 27.2 Å². The van der Waals surface area contributed by atoms with Crippen LogP contribution >= 0.6 is 11.3 Å². The molecule has 2 aromatic carbocycles. The van der Waals surface area contributed by atoms with Gasteiger partial charge in [0.1, 0.15) is 0 Å². The second kappa shape index (κ2) is 8.80. The smallest absolute Gasteiger partial charge is 0.220 e. The molecule has 0 aliphatic heterocycles. The molecule has 0 spiro atoms. The molecule has 4 rings (SSSR count). The SMILES string of the molecule is O=C(CCCc1nc2ccccc2s1)NCCc1ccc(-n2cccn2)cc1. The summed E-state index contributed by atoms with van der Waals surface area (Å²) >= 11 is 1.72. The molecule has 0 bridgehead atoms. The summed E-state index contributed by atoms with van der Waals surface area (Å²) in [5.74, 6) is 0.106. The number of para-hydroxylation sites is 1. The van der Waals surface area contributed by atoms with Gasteiger partial charge in [-0.15, -0.1) is 11.3 Å². The van der Waals surface area contributed by atoms with E-state index in [0.29, 0.717) is 13.0 Å². The highest BCUT2D eigenvalue weighted by molar-refractivity contribution is 7.18. The number of aromatic nitrogens is 3. The first-order valence-electron chi connectivity index (χ1n) is 9.48. The minimum Gasteiger partial charge on any atom is -0.356 e. The van der Waals surface area contributed by atoms with E-state index in [1.165, 1.54) is 10.3 Å². The number of carbonyl (C=O) groups is 1. The fourth-order valence-electron chi connectivity index (χ4n) is 3.10. The Kier molecular flexibility index (Phi) is 5.77. The molecule has 2 heterocycles. The molecule has 142 valence electrons.